The minimum Gasteiger partial charge on any atom is -0.388 e. The van der Waals surface area contributed by atoms with Crippen LogP contribution >= 0.6 is 0 Å². The average Bonchev–Trinajstić information content (AvgIpc) is 3.48. The van der Waals surface area contributed by atoms with Gasteiger partial charge in [-0.05, 0) is 77.5 Å². The number of aryl methyl sites for hydroxylation is 1. The van der Waals surface area contributed by atoms with E-state index in [2.05, 4.69) is 31.3 Å². The van der Waals surface area contributed by atoms with Crippen molar-refractivity contribution >= 4 is 11.8 Å². The molecule has 1 unspecified atom stereocenters. The molecule has 3 aromatic carbocycles. The van der Waals surface area contributed by atoms with E-state index in [-0.39, 0.29) is 5.91 Å². The summed E-state index contributed by atoms with van der Waals surface area (Å²) in [4.78, 5) is 23.6. The lowest BCUT2D eigenvalue weighted by Crippen LogP contribution is -2.29. The van der Waals surface area contributed by atoms with Gasteiger partial charge in [0, 0.05) is 30.6 Å². The number of amides is 2. The van der Waals surface area contributed by atoms with Crippen LogP contribution in [-0.4, -0.2) is 57.2 Å². The molecule has 10 heteroatoms. The first kappa shape index (κ1) is 27.6. The van der Waals surface area contributed by atoms with Crippen LogP contribution in [0.5, 0.6) is 0 Å². The van der Waals surface area contributed by atoms with E-state index in [1.807, 2.05) is 61.5 Å². The molecule has 6 N–H and O–H groups in total. The lowest BCUT2D eigenvalue weighted by Gasteiger charge is -2.14. The average molecular weight is 528 g/mol. The molecule has 0 saturated heterocycles. The van der Waals surface area contributed by atoms with Crippen LogP contribution in [0, 0.1) is 6.92 Å². The summed E-state index contributed by atoms with van der Waals surface area (Å²) in [6, 6.07) is 20.9. The predicted octanol–water partition coefficient (Wildman–Crippen LogP) is 2.70. The first-order valence-electron chi connectivity index (χ1n) is 12.9. The highest BCUT2D eigenvalue weighted by molar-refractivity contribution is 5.93. The van der Waals surface area contributed by atoms with Crippen LogP contribution in [-0.2, 0) is 11.2 Å². The molecule has 1 aromatic heterocycles. The number of nitrogens with two attached hydrogens (primary N) is 1. The van der Waals surface area contributed by atoms with Gasteiger partial charge in [0.05, 0.1) is 6.10 Å². The number of primary amides is 1. The number of benzene rings is 3. The molecule has 1 heterocycles. The van der Waals surface area contributed by atoms with Crippen LogP contribution in [0.4, 0.5) is 0 Å². The van der Waals surface area contributed by atoms with Gasteiger partial charge in [0.1, 0.15) is 0 Å². The quantitative estimate of drug-likeness (QED) is 0.167. The molecule has 0 bridgehead atoms. The van der Waals surface area contributed by atoms with Gasteiger partial charge in [-0.1, -0.05) is 48.5 Å². The lowest BCUT2D eigenvalue weighted by atomic mass is 9.95. The normalized spacial score (nSPS) is 11.7. The van der Waals surface area contributed by atoms with Crippen LogP contribution in [0.25, 0.3) is 22.5 Å². The molecule has 0 aliphatic heterocycles. The number of hydrogen-bond donors (Lipinski definition) is 5. The molecule has 0 fully saturated rings. The maximum atomic E-state index is 12.2. The van der Waals surface area contributed by atoms with Crippen LogP contribution in [0.3, 0.4) is 0 Å². The Morgan fingerprint density at radius 2 is 1.82 bits per heavy atom. The summed E-state index contributed by atoms with van der Waals surface area (Å²) in [5.41, 5.74) is 11.5. The van der Waals surface area contributed by atoms with E-state index < -0.39 is 12.0 Å². The third-order valence-corrected chi connectivity index (χ3v) is 6.51. The highest BCUT2D eigenvalue weighted by Crippen LogP contribution is 2.27. The van der Waals surface area contributed by atoms with Gasteiger partial charge in [0.15, 0.2) is 0 Å². The molecule has 0 radical (unpaired) electrons. The molecule has 39 heavy (non-hydrogen) atoms. The van der Waals surface area contributed by atoms with E-state index >= 15 is 0 Å². The lowest BCUT2D eigenvalue weighted by molar-refractivity contribution is -0.120. The zero-order chi connectivity index (χ0) is 27.6. The molecule has 4 aromatic rings. The summed E-state index contributed by atoms with van der Waals surface area (Å²) in [5, 5.41) is 30.8. The summed E-state index contributed by atoms with van der Waals surface area (Å²) in [7, 11) is 0. The van der Waals surface area contributed by atoms with Gasteiger partial charge in [-0.3, -0.25) is 9.59 Å². The second-order valence-corrected chi connectivity index (χ2v) is 9.36. The number of rotatable bonds is 13. The van der Waals surface area contributed by atoms with Gasteiger partial charge in [-0.2, -0.15) is 5.21 Å². The number of hydrogen-bond acceptors (Lipinski definition) is 7. The molecule has 0 spiro atoms. The Bertz CT molecular complexity index is 1390. The highest BCUT2D eigenvalue weighted by Gasteiger charge is 2.11. The van der Waals surface area contributed by atoms with E-state index in [0.29, 0.717) is 43.9 Å². The minimum absolute atomic E-state index is 0.0168. The van der Waals surface area contributed by atoms with Gasteiger partial charge in [-0.25, -0.2) is 0 Å². The fourth-order valence-electron chi connectivity index (χ4n) is 4.33. The smallest absolute Gasteiger partial charge is 0.248 e. The molecule has 4 rings (SSSR count). The number of aromatic nitrogens is 4. The van der Waals surface area contributed by atoms with Crippen molar-refractivity contribution < 1.29 is 14.7 Å². The Morgan fingerprint density at radius 3 is 2.54 bits per heavy atom. The number of tetrazole rings is 1. The van der Waals surface area contributed by atoms with Gasteiger partial charge >= 0.3 is 0 Å². The standard InChI is InChI=1S/C29H33N7O3/c1-19-17-24(28(30)39)9-10-25(19)22-3-2-4-23(18-22)26(37)12-14-31-15-13-27(38)32-16-11-20-5-7-21(8-6-20)29-33-35-36-34-29/h2-10,17-18,26,31,37H,11-16H2,1H3,(H2,30,39)(H,32,38)(H,33,34,35,36). The maximum Gasteiger partial charge on any atom is 0.248 e. The van der Waals surface area contributed by atoms with Crippen molar-refractivity contribution in [1.29, 1.82) is 0 Å². The van der Waals surface area contributed by atoms with Crippen LogP contribution in [0.2, 0.25) is 0 Å². The number of aliphatic hydroxyl groups is 1. The van der Waals surface area contributed by atoms with Gasteiger partial charge in [0.25, 0.3) is 0 Å². The van der Waals surface area contributed by atoms with Crippen molar-refractivity contribution in [2.45, 2.75) is 32.3 Å². The van der Waals surface area contributed by atoms with Crippen molar-refractivity contribution in [2.24, 2.45) is 5.73 Å². The third kappa shape index (κ3) is 7.79. The largest absolute Gasteiger partial charge is 0.388 e. The van der Waals surface area contributed by atoms with Crippen molar-refractivity contribution in [2.75, 3.05) is 19.6 Å². The van der Waals surface area contributed by atoms with Crippen LogP contribution < -0.4 is 16.4 Å². The second-order valence-electron chi connectivity index (χ2n) is 9.36. The Kier molecular flexibility index (Phi) is 9.49. The Morgan fingerprint density at radius 1 is 1.00 bits per heavy atom. The van der Waals surface area contributed by atoms with E-state index in [4.69, 9.17) is 5.73 Å². The Hall–Kier alpha value is -4.41. The number of aliphatic hydroxyl groups excluding tert-OH is 1. The van der Waals surface area contributed by atoms with Crippen molar-refractivity contribution in [3.63, 3.8) is 0 Å². The number of carbonyl (C=O) groups excluding carboxylic acids is 2. The van der Waals surface area contributed by atoms with E-state index in [0.717, 1.165) is 39.8 Å². The number of carbonyl (C=O) groups is 2. The number of aromatic amines is 1. The summed E-state index contributed by atoms with van der Waals surface area (Å²) in [6.45, 7) is 3.60. The summed E-state index contributed by atoms with van der Waals surface area (Å²) in [5.74, 6) is 0.0758. The maximum absolute atomic E-state index is 12.2. The van der Waals surface area contributed by atoms with E-state index in [1.165, 1.54) is 0 Å². The molecule has 0 aliphatic rings. The SMILES string of the molecule is Cc1cc(C(N)=O)ccc1-c1cccc(C(O)CCNCCC(=O)NCCc2ccc(-c3nn[nH]n3)cc2)c1. The highest BCUT2D eigenvalue weighted by atomic mass is 16.3. The first-order valence-corrected chi connectivity index (χ1v) is 12.9. The van der Waals surface area contributed by atoms with Gasteiger partial charge < -0.3 is 21.5 Å². The molecular weight excluding hydrogens is 494 g/mol. The molecular formula is C29H33N7O3. The zero-order valence-electron chi connectivity index (χ0n) is 21.9. The molecule has 1 atom stereocenters. The second kappa shape index (κ2) is 13.4. The van der Waals surface area contributed by atoms with Crippen molar-refractivity contribution in [3.05, 3.63) is 89.0 Å². The topological polar surface area (TPSA) is 159 Å². The van der Waals surface area contributed by atoms with Crippen LogP contribution in [0.1, 0.15) is 46.0 Å². The molecule has 10 nitrogen and oxygen atoms in total. The zero-order valence-corrected chi connectivity index (χ0v) is 21.9. The van der Waals surface area contributed by atoms with Gasteiger partial charge in [-0.15, -0.1) is 10.2 Å². The van der Waals surface area contributed by atoms with E-state index in [9.17, 15) is 14.7 Å². The Balaban J connectivity index is 1.14. The molecule has 202 valence electrons. The third-order valence-electron chi connectivity index (χ3n) is 6.51. The monoisotopic (exact) mass is 527 g/mol. The first-order chi connectivity index (χ1) is 18.9. The number of H-pyrrole nitrogens is 1. The van der Waals surface area contributed by atoms with Crippen molar-refractivity contribution in [3.8, 4) is 22.5 Å². The summed E-state index contributed by atoms with van der Waals surface area (Å²) >= 11 is 0. The number of nitrogens with zero attached hydrogens (tertiary/aromatic N) is 3. The van der Waals surface area contributed by atoms with E-state index in [1.54, 1.807) is 12.1 Å². The summed E-state index contributed by atoms with van der Waals surface area (Å²) < 4.78 is 0. The molecule has 0 aliphatic carbocycles. The van der Waals surface area contributed by atoms with Crippen molar-refractivity contribution in [1.82, 2.24) is 31.3 Å². The fraction of sp³-hybridized carbons (Fsp3) is 0.276. The minimum atomic E-state index is -0.636. The molecule has 2 amide bonds. The fourth-order valence-corrected chi connectivity index (χ4v) is 4.33. The predicted molar refractivity (Wildman–Crippen MR) is 149 cm³/mol. The number of nitrogens with one attached hydrogen (secondary N) is 3. The van der Waals surface area contributed by atoms with Gasteiger partial charge in [0.2, 0.25) is 17.6 Å². The molecule has 0 saturated carbocycles. The summed E-state index contributed by atoms with van der Waals surface area (Å²) in [6.07, 6.45) is 0.974. The van der Waals surface area contributed by atoms with Crippen LogP contribution in [0.15, 0.2) is 66.7 Å². The Labute approximate surface area is 227 Å².